The summed E-state index contributed by atoms with van der Waals surface area (Å²) in [5.74, 6) is 0.652. The van der Waals surface area contributed by atoms with Gasteiger partial charge in [-0.3, -0.25) is 0 Å². The van der Waals surface area contributed by atoms with Gasteiger partial charge in [0.25, 0.3) is 0 Å². The summed E-state index contributed by atoms with van der Waals surface area (Å²) in [6.07, 6.45) is 0. The van der Waals surface area contributed by atoms with Gasteiger partial charge in [0.05, 0.1) is 0 Å². The van der Waals surface area contributed by atoms with E-state index >= 15 is 0 Å². The maximum atomic E-state index is 6.10. The molecule has 3 heteroatoms. The molecule has 15 heavy (non-hydrogen) atoms. The average Bonchev–Trinajstić information content (AvgIpc) is 2.18. The lowest BCUT2D eigenvalue weighted by Crippen LogP contribution is -2.07. The van der Waals surface area contributed by atoms with Gasteiger partial charge in [0.2, 0.25) is 0 Å². The van der Waals surface area contributed by atoms with E-state index in [0.717, 1.165) is 10.6 Å². The molecule has 0 radical (unpaired) electrons. The number of nitrogens with two attached hydrogens (primary N) is 1. The molecule has 1 atom stereocenters. The molecule has 0 bridgehead atoms. The Balaban J connectivity index is 2.89. The molecule has 0 aliphatic carbocycles. The second kappa shape index (κ2) is 5.78. The fourth-order valence-corrected chi connectivity index (χ4v) is 2.66. The fourth-order valence-electron chi connectivity index (χ4n) is 1.18. The molecule has 0 spiro atoms. The predicted molar refractivity (Wildman–Crippen MR) is 69.5 cm³/mol. The van der Waals surface area contributed by atoms with E-state index < -0.39 is 0 Å². The van der Waals surface area contributed by atoms with Crippen molar-refractivity contribution in [3.8, 4) is 0 Å². The third-order valence-corrected chi connectivity index (χ3v) is 4.44. The van der Waals surface area contributed by atoms with E-state index in [2.05, 4.69) is 26.8 Å². The summed E-state index contributed by atoms with van der Waals surface area (Å²) in [7, 11) is 0. The van der Waals surface area contributed by atoms with E-state index in [0.29, 0.717) is 17.7 Å². The van der Waals surface area contributed by atoms with E-state index in [1.165, 1.54) is 4.90 Å². The maximum Gasteiger partial charge on any atom is 0.0462 e. The van der Waals surface area contributed by atoms with Gasteiger partial charge < -0.3 is 5.73 Å². The molecular weight excluding hydrogens is 226 g/mol. The van der Waals surface area contributed by atoms with Gasteiger partial charge in [0.1, 0.15) is 0 Å². The van der Waals surface area contributed by atoms with E-state index in [1.807, 2.05) is 23.9 Å². The molecule has 1 aromatic carbocycles. The Kier molecular flexibility index (Phi) is 4.97. The Morgan fingerprint density at radius 1 is 1.33 bits per heavy atom. The number of halogens is 1. The summed E-state index contributed by atoms with van der Waals surface area (Å²) in [4.78, 5) is 1.21. The summed E-state index contributed by atoms with van der Waals surface area (Å²) in [6.45, 7) is 7.19. The molecule has 1 aromatic rings. The summed E-state index contributed by atoms with van der Waals surface area (Å²) < 4.78 is 0. The molecule has 0 saturated heterocycles. The van der Waals surface area contributed by atoms with Crippen LogP contribution in [-0.4, -0.2) is 5.25 Å². The van der Waals surface area contributed by atoms with Crippen molar-refractivity contribution in [2.45, 2.75) is 37.5 Å². The topological polar surface area (TPSA) is 26.0 Å². The lowest BCUT2D eigenvalue weighted by Gasteiger charge is -2.17. The van der Waals surface area contributed by atoms with Crippen molar-refractivity contribution in [2.75, 3.05) is 0 Å². The summed E-state index contributed by atoms with van der Waals surface area (Å²) in [5.41, 5.74) is 6.77. The Morgan fingerprint density at radius 3 is 2.53 bits per heavy atom. The van der Waals surface area contributed by atoms with Crippen LogP contribution in [0.15, 0.2) is 23.1 Å². The molecule has 0 aliphatic heterocycles. The zero-order chi connectivity index (χ0) is 11.4. The van der Waals surface area contributed by atoms with E-state index in [-0.39, 0.29) is 0 Å². The quantitative estimate of drug-likeness (QED) is 0.811. The van der Waals surface area contributed by atoms with Gasteiger partial charge in [-0.25, -0.2) is 0 Å². The smallest absolute Gasteiger partial charge is 0.0462 e. The Hall–Kier alpha value is -0.180. The third-order valence-electron chi connectivity index (χ3n) is 2.53. The number of thioether (sulfide) groups is 1. The lowest BCUT2D eigenvalue weighted by molar-refractivity contribution is 0.642. The van der Waals surface area contributed by atoms with Gasteiger partial charge in [-0.15, -0.1) is 11.8 Å². The third kappa shape index (κ3) is 3.40. The molecule has 0 saturated carbocycles. The first-order valence-corrected chi connectivity index (χ1v) is 6.46. The number of rotatable bonds is 4. The van der Waals surface area contributed by atoms with Crippen molar-refractivity contribution >= 4 is 23.4 Å². The molecule has 0 aliphatic rings. The minimum atomic E-state index is 0.507. The van der Waals surface area contributed by atoms with Gasteiger partial charge in [0.15, 0.2) is 0 Å². The maximum absolute atomic E-state index is 6.10. The van der Waals surface area contributed by atoms with Crippen molar-refractivity contribution in [3.05, 3.63) is 28.8 Å². The van der Waals surface area contributed by atoms with Crippen LogP contribution in [0.2, 0.25) is 5.02 Å². The van der Waals surface area contributed by atoms with Crippen molar-refractivity contribution in [1.82, 2.24) is 0 Å². The normalized spacial score (nSPS) is 13.2. The largest absolute Gasteiger partial charge is 0.326 e. The van der Waals surface area contributed by atoms with Crippen molar-refractivity contribution in [3.63, 3.8) is 0 Å². The monoisotopic (exact) mass is 243 g/mol. The standard InChI is InChI=1S/C12H18ClNS/c1-8(2)9(3)15-12-6-4-5-11(13)10(12)7-14/h4-6,8-9H,7,14H2,1-3H3. The first kappa shape index (κ1) is 12.9. The summed E-state index contributed by atoms with van der Waals surface area (Å²) in [6, 6.07) is 5.97. The first-order chi connectivity index (χ1) is 7.06. The molecule has 0 fully saturated rings. The highest BCUT2D eigenvalue weighted by atomic mass is 35.5. The van der Waals surface area contributed by atoms with Gasteiger partial charge in [0, 0.05) is 21.7 Å². The molecule has 1 nitrogen and oxygen atoms in total. The van der Waals surface area contributed by atoms with E-state index in [1.54, 1.807) is 0 Å². The molecule has 84 valence electrons. The fraction of sp³-hybridized carbons (Fsp3) is 0.500. The molecular formula is C12H18ClNS. The minimum Gasteiger partial charge on any atom is -0.326 e. The Bertz CT molecular complexity index is 325. The van der Waals surface area contributed by atoms with Crippen molar-refractivity contribution in [2.24, 2.45) is 11.7 Å². The number of hydrogen-bond acceptors (Lipinski definition) is 2. The van der Waals surface area contributed by atoms with Crippen LogP contribution >= 0.6 is 23.4 Å². The SMILES string of the molecule is CC(C)C(C)Sc1cccc(Cl)c1CN. The highest BCUT2D eigenvalue weighted by Crippen LogP contribution is 2.33. The van der Waals surface area contributed by atoms with Gasteiger partial charge >= 0.3 is 0 Å². The van der Waals surface area contributed by atoms with Crippen LogP contribution in [0.4, 0.5) is 0 Å². The van der Waals surface area contributed by atoms with Crippen LogP contribution in [0.25, 0.3) is 0 Å². The minimum absolute atomic E-state index is 0.507. The van der Waals surface area contributed by atoms with Gasteiger partial charge in [-0.2, -0.15) is 0 Å². The van der Waals surface area contributed by atoms with Crippen LogP contribution in [0, 0.1) is 5.92 Å². The molecule has 0 aromatic heterocycles. The second-order valence-corrected chi connectivity index (χ2v) is 5.81. The predicted octanol–water partition coefficient (Wildman–Crippen LogP) is 3.94. The highest BCUT2D eigenvalue weighted by Gasteiger charge is 2.12. The molecule has 0 amide bonds. The zero-order valence-electron chi connectivity index (χ0n) is 9.46. The second-order valence-electron chi connectivity index (χ2n) is 3.99. The number of hydrogen-bond donors (Lipinski definition) is 1. The lowest BCUT2D eigenvalue weighted by atomic mass is 10.2. The van der Waals surface area contributed by atoms with Crippen LogP contribution in [0.1, 0.15) is 26.3 Å². The van der Waals surface area contributed by atoms with Crippen molar-refractivity contribution < 1.29 is 0 Å². The Morgan fingerprint density at radius 2 is 2.00 bits per heavy atom. The Labute approximate surface area is 101 Å². The van der Waals surface area contributed by atoms with E-state index in [9.17, 15) is 0 Å². The first-order valence-electron chi connectivity index (χ1n) is 5.20. The van der Waals surface area contributed by atoms with Gasteiger partial charge in [-0.1, -0.05) is 38.4 Å². The van der Waals surface area contributed by atoms with Crippen LogP contribution in [0.5, 0.6) is 0 Å². The molecule has 1 rings (SSSR count). The average molecular weight is 244 g/mol. The van der Waals surface area contributed by atoms with Crippen LogP contribution in [0.3, 0.4) is 0 Å². The van der Waals surface area contributed by atoms with Crippen LogP contribution < -0.4 is 5.73 Å². The molecule has 2 N–H and O–H groups in total. The van der Waals surface area contributed by atoms with E-state index in [4.69, 9.17) is 17.3 Å². The van der Waals surface area contributed by atoms with Crippen LogP contribution in [-0.2, 0) is 6.54 Å². The molecule has 0 heterocycles. The number of benzene rings is 1. The van der Waals surface area contributed by atoms with Gasteiger partial charge in [-0.05, 0) is 23.6 Å². The summed E-state index contributed by atoms with van der Waals surface area (Å²) in [5, 5.41) is 1.35. The highest BCUT2D eigenvalue weighted by molar-refractivity contribution is 8.00. The summed E-state index contributed by atoms with van der Waals surface area (Å²) >= 11 is 7.95. The zero-order valence-corrected chi connectivity index (χ0v) is 11.0. The van der Waals surface area contributed by atoms with Crippen molar-refractivity contribution in [1.29, 1.82) is 0 Å². The molecule has 1 unspecified atom stereocenters.